The molecule has 9 heteroatoms. The van der Waals surface area contributed by atoms with Crippen LogP contribution >= 0.6 is 0 Å². The van der Waals surface area contributed by atoms with Crippen LogP contribution in [0.15, 0.2) is 4.99 Å². The molecule has 0 fully saturated rings. The van der Waals surface area contributed by atoms with Crippen LogP contribution in [0, 0.1) is 0 Å². The van der Waals surface area contributed by atoms with Gasteiger partial charge in [-0.05, 0) is 0 Å². The number of nitrogens with zero attached hydrogens (tertiary/aromatic N) is 1. The second-order valence-electron chi connectivity index (χ2n) is 4.64. The van der Waals surface area contributed by atoms with Crippen molar-refractivity contribution >= 4 is 53.6 Å². The van der Waals surface area contributed by atoms with Crippen LogP contribution in [-0.4, -0.2) is 67.5 Å². The van der Waals surface area contributed by atoms with Gasteiger partial charge in [-0.2, -0.15) is 0 Å². The topological polar surface area (TPSA) is 63.1 Å². The Kier molecular flexibility index (Phi) is 3.15. The normalized spacial score (nSPS) is 24.1. The molecule has 0 aromatic heterocycles. The number of ether oxygens (including phenoxy) is 2. The molecule has 2 atom stereocenters. The van der Waals surface area contributed by atoms with Crippen molar-refractivity contribution in [1.82, 2.24) is 5.32 Å². The molecule has 0 saturated heterocycles. The zero-order valence-corrected chi connectivity index (χ0v) is 10.6. The van der Waals surface area contributed by atoms with Crippen LogP contribution in [0.1, 0.15) is 0 Å². The van der Waals surface area contributed by atoms with Crippen LogP contribution in [0.2, 0.25) is 0 Å². The third-order valence-corrected chi connectivity index (χ3v) is 3.24. The molecule has 2 N–H and O–H groups in total. The smallest absolute Gasteiger partial charge is 0.202 e. The van der Waals surface area contributed by atoms with E-state index in [1.807, 2.05) is 0 Å². The number of fused-ring (bicyclic) bond motifs is 1. The molecule has 5 nitrogen and oxygen atoms in total. The van der Waals surface area contributed by atoms with Crippen LogP contribution < -0.4 is 31.2 Å². The van der Waals surface area contributed by atoms with E-state index in [-0.39, 0.29) is 46.2 Å². The van der Waals surface area contributed by atoms with Gasteiger partial charge in [0.2, 0.25) is 5.75 Å². The largest absolute Gasteiger partial charge is 0.505 e. The summed E-state index contributed by atoms with van der Waals surface area (Å²) in [5, 5.41) is 12.9. The van der Waals surface area contributed by atoms with Gasteiger partial charge in [-0.1, -0.05) is 10.9 Å². The maximum Gasteiger partial charge on any atom is 0.202 e. The lowest BCUT2D eigenvalue weighted by Gasteiger charge is -2.30. The number of phenolic OH excluding ortho intramolecular Hbond substituents is 1. The molecule has 1 aromatic rings. The maximum absolute atomic E-state index is 9.91. The van der Waals surface area contributed by atoms with Crippen molar-refractivity contribution in [1.29, 1.82) is 0 Å². The van der Waals surface area contributed by atoms with Crippen LogP contribution in [0.3, 0.4) is 0 Å². The van der Waals surface area contributed by atoms with Gasteiger partial charge < -0.3 is 19.9 Å². The van der Waals surface area contributed by atoms with Gasteiger partial charge in [0.25, 0.3) is 0 Å². The Morgan fingerprint density at radius 2 is 1.90 bits per heavy atom. The fourth-order valence-electron chi connectivity index (χ4n) is 2.14. The molecule has 2 heterocycles. The lowest BCUT2D eigenvalue weighted by molar-refractivity contribution is 0.130. The first-order valence-electron chi connectivity index (χ1n) is 6.04. The highest BCUT2D eigenvalue weighted by molar-refractivity contribution is 6.59. The molecule has 2 unspecified atom stereocenters. The fourth-order valence-corrected chi connectivity index (χ4v) is 2.14. The highest BCUT2D eigenvalue weighted by Gasteiger charge is 2.32. The Hall–Kier alpha value is -1.65. The fraction of sp³-hybridized carbons (Fsp3) is 0.364. The van der Waals surface area contributed by atoms with E-state index in [2.05, 4.69) is 10.3 Å². The summed E-state index contributed by atoms with van der Waals surface area (Å²) in [6.07, 6.45) is -0.485. The molecule has 0 aliphatic carbocycles. The van der Waals surface area contributed by atoms with E-state index in [0.717, 1.165) is 0 Å². The van der Waals surface area contributed by atoms with Crippen molar-refractivity contribution in [2.75, 3.05) is 13.2 Å². The Bertz CT molecular complexity index is 608. The maximum atomic E-state index is 9.91. The van der Waals surface area contributed by atoms with E-state index in [9.17, 15) is 5.11 Å². The van der Waals surface area contributed by atoms with Crippen LogP contribution in [0.5, 0.6) is 17.2 Å². The van der Waals surface area contributed by atoms with Gasteiger partial charge >= 0.3 is 0 Å². The minimum Gasteiger partial charge on any atom is -0.505 e. The molecular formula is C11H8B4N2O3. The van der Waals surface area contributed by atoms with E-state index < -0.39 is 6.10 Å². The molecular weight excluding hydrogens is 251 g/mol. The third kappa shape index (κ3) is 1.96. The summed E-state index contributed by atoms with van der Waals surface area (Å²) in [5.74, 6) is 0.321. The van der Waals surface area contributed by atoms with Gasteiger partial charge in [0.05, 0.1) is 6.54 Å². The number of phenols is 1. The number of aromatic hydroxyl groups is 1. The molecule has 0 amide bonds. The molecule has 2 aliphatic rings. The van der Waals surface area contributed by atoms with Crippen LogP contribution in [-0.2, 0) is 0 Å². The second-order valence-corrected chi connectivity index (χ2v) is 4.64. The van der Waals surface area contributed by atoms with Crippen LogP contribution in [0.25, 0.3) is 0 Å². The zero-order valence-electron chi connectivity index (χ0n) is 10.6. The molecule has 8 radical (unpaired) electrons. The number of benzene rings is 1. The summed E-state index contributed by atoms with van der Waals surface area (Å²) in [7, 11) is 22.9. The van der Waals surface area contributed by atoms with Crippen molar-refractivity contribution in [3.05, 3.63) is 0 Å². The predicted octanol–water partition coefficient (Wildman–Crippen LogP) is -3.59. The molecule has 2 aliphatic heterocycles. The van der Waals surface area contributed by atoms with Crippen molar-refractivity contribution < 1.29 is 14.6 Å². The van der Waals surface area contributed by atoms with Gasteiger partial charge in [-0.3, -0.25) is 4.99 Å². The summed E-state index contributed by atoms with van der Waals surface area (Å²) in [6, 6.07) is 0. The molecule has 20 heavy (non-hydrogen) atoms. The number of nitrogens with one attached hydrogen (secondary N) is 1. The summed E-state index contributed by atoms with van der Waals surface area (Å²) in [6.45, 7) is 0.620. The van der Waals surface area contributed by atoms with E-state index in [1.165, 1.54) is 0 Å². The first-order valence-corrected chi connectivity index (χ1v) is 6.04. The van der Waals surface area contributed by atoms with Crippen molar-refractivity contribution in [2.24, 2.45) is 4.99 Å². The summed E-state index contributed by atoms with van der Waals surface area (Å²) in [4.78, 5) is 4.22. The first kappa shape index (κ1) is 13.3. The molecule has 0 bridgehead atoms. The summed E-state index contributed by atoms with van der Waals surface area (Å²) < 4.78 is 11.2. The summed E-state index contributed by atoms with van der Waals surface area (Å²) >= 11 is 0. The average Bonchev–Trinajstić information content (AvgIpc) is 2.89. The zero-order chi connectivity index (χ0) is 14.4. The third-order valence-electron chi connectivity index (χ3n) is 3.24. The number of rotatable bonds is 1. The number of amidine groups is 1. The highest BCUT2D eigenvalue weighted by atomic mass is 16.6. The van der Waals surface area contributed by atoms with Gasteiger partial charge in [0, 0.05) is 5.94 Å². The summed E-state index contributed by atoms with van der Waals surface area (Å²) in [5.41, 5.74) is 0.160. The number of hydrogen-bond donors (Lipinski definition) is 2. The molecule has 3 rings (SSSR count). The lowest BCUT2D eigenvalue weighted by atomic mass is 9.71. The Morgan fingerprint density at radius 3 is 2.55 bits per heavy atom. The number of aliphatic imine (C=N–C) groups is 1. The van der Waals surface area contributed by atoms with E-state index in [0.29, 0.717) is 12.4 Å². The Morgan fingerprint density at radius 1 is 1.15 bits per heavy atom. The minimum atomic E-state index is -0.485. The molecule has 92 valence electrons. The first-order chi connectivity index (χ1) is 9.49. The lowest BCUT2D eigenvalue weighted by Crippen LogP contribution is -2.48. The highest BCUT2D eigenvalue weighted by Crippen LogP contribution is 2.36. The predicted molar refractivity (Wildman–Crippen MR) is 79.2 cm³/mol. The molecule has 0 saturated carbocycles. The Balaban J connectivity index is 1.96. The second kappa shape index (κ2) is 4.72. The van der Waals surface area contributed by atoms with Crippen molar-refractivity contribution in [2.45, 2.75) is 12.0 Å². The molecule has 0 spiro atoms. The average molecular weight is 259 g/mol. The Labute approximate surface area is 121 Å². The van der Waals surface area contributed by atoms with Gasteiger partial charge in [-0.25, -0.2) is 0 Å². The van der Waals surface area contributed by atoms with Crippen molar-refractivity contribution in [3.63, 3.8) is 0 Å². The SMILES string of the molecule is [B]c1c([B])c(O)c2c(c1[B])OC(C1=NCC([B])N1)CO2. The minimum absolute atomic E-state index is 0.0262. The van der Waals surface area contributed by atoms with E-state index >= 15 is 0 Å². The van der Waals surface area contributed by atoms with Gasteiger partial charge in [0.15, 0.2) is 17.6 Å². The van der Waals surface area contributed by atoms with Gasteiger partial charge in [0.1, 0.15) is 43.8 Å². The van der Waals surface area contributed by atoms with Crippen molar-refractivity contribution in [3.8, 4) is 17.2 Å². The number of hydrogen-bond acceptors (Lipinski definition) is 5. The van der Waals surface area contributed by atoms with Crippen LogP contribution in [0.4, 0.5) is 0 Å². The molecule has 1 aromatic carbocycles. The standard InChI is InChI=1S/C11H8B4N2O3/c12-4-1-16-11(17-4)3-2-19-10-8(18)6(14)5(13)7(15)9(10)20-3/h3-4,18H,1-2H2,(H,16,17). The van der Waals surface area contributed by atoms with E-state index in [1.54, 1.807) is 0 Å². The van der Waals surface area contributed by atoms with E-state index in [4.69, 9.17) is 40.9 Å². The quantitative estimate of drug-likeness (QED) is 0.512. The monoisotopic (exact) mass is 260 g/mol. The van der Waals surface area contributed by atoms with Gasteiger partial charge in [-0.15, -0.1) is 5.46 Å².